The second kappa shape index (κ2) is 7.07. The van der Waals surface area contributed by atoms with Gasteiger partial charge in [0.15, 0.2) is 0 Å². The summed E-state index contributed by atoms with van der Waals surface area (Å²) < 4.78 is 6.39. The predicted molar refractivity (Wildman–Crippen MR) is 85.5 cm³/mol. The molecule has 0 amide bonds. The minimum atomic E-state index is -0.110. The number of nitrogens with one attached hydrogen (secondary N) is 1. The molecule has 0 saturated heterocycles. The van der Waals surface area contributed by atoms with Gasteiger partial charge in [0.05, 0.1) is 13.2 Å². The zero-order chi connectivity index (χ0) is 14.5. The molecule has 0 aliphatic heterocycles. The summed E-state index contributed by atoms with van der Waals surface area (Å²) in [5.41, 5.74) is 1.80. The summed E-state index contributed by atoms with van der Waals surface area (Å²) in [6, 6.07) is 9.45. The molecule has 3 nitrogen and oxygen atoms in total. The van der Waals surface area contributed by atoms with Crippen LogP contribution in [-0.2, 0) is 0 Å². The van der Waals surface area contributed by atoms with Crippen molar-refractivity contribution in [3.8, 4) is 5.75 Å². The Balaban J connectivity index is 2.53. The molecule has 20 heavy (non-hydrogen) atoms. The number of ether oxygens (including phenoxy) is 1. The summed E-state index contributed by atoms with van der Waals surface area (Å²) in [6.45, 7) is 2.85. The molecule has 0 aliphatic rings. The topological polar surface area (TPSA) is 34.2 Å². The minimum Gasteiger partial charge on any atom is -0.495 e. The summed E-state index contributed by atoms with van der Waals surface area (Å²) >= 11 is 9.83. The normalized spacial score (nSPS) is 12.2. The standard InChI is InChI=1S/C15H16BrClN2O/c1-3-18-14(11-9-10(16)6-7-12(11)17)15-13(20-2)5-4-8-19-15/h4-9,14,18H,3H2,1-2H3. The molecule has 0 fully saturated rings. The van der Waals surface area contributed by atoms with E-state index >= 15 is 0 Å². The molecule has 5 heteroatoms. The lowest BCUT2D eigenvalue weighted by Gasteiger charge is -2.21. The first-order valence-electron chi connectivity index (χ1n) is 6.34. The fourth-order valence-corrected chi connectivity index (χ4v) is 2.69. The van der Waals surface area contributed by atoms with Gasteiger partial charge in [-0.1, -0.05) is 34.5 Å². The number of benzene rings is 1. The van der Waals surface area contributed by atoms with E-state index in [1.54, 1.807) is 13.3 Å². The zero-order valence-electron chi connectivity index (χ0n) is 11.4. The number of halogens is 2. The number of nitrogens with zero attached hydrogens (tertiary/aromatic N) is 1. The number of hydrogen-bond donors (Lipinski definition) is 1. The minimum absolute atomic E-state index is 0.110. The van der Waals surface area contributed by atoms with Crippen LogP contribution in [0.5, 0.6) is 5.75 Å². The number of rotatable bonds is 5. The lowest BCUT2D eigenvalue weighted by Crippen LogP contribution is -2.23. The highest BCUT2D eigenvalue weighted by Gasteiger charge is 2.21. The molecule has 2 aromatic rings. The number of methoxy groups -OCH3 is 1. The Kier molecular flexibility index (Phi) is 5.40. The van der Waals surface area contributed by atoms with Gasteiger partial charge < -0.3 is 10.1 Å². The molecule has 1 N–H and O–H groups in total. The fourth-order valence-electron chi connectivity index (χ4n) is 2.09. The third-order valence-corrected chi connectivity index (χ3v) is 3.81. The number of aromatic nitrogens is 1. The summed E-state index contributed by atoms with van der Waals surface area (Å²) in [5, 5.41) is 4.11. The van der Waals surface area contributed by atoms with Gasteiger partial charge in [-0.3, -0.25) is 4.98 Å². The second-order valence-electron chi connectivity index (χ2n) is 4.25. The van der Waals surface area contributed by atoms with Gasteiger partial charge in [-0.05, 0) is 42.4 Å². The first-order valence-corrected chi connectivity index (χ1v) is 7.51. The van der Waals surface area contributed by atoms with E-state index in [1.807, 2.05) is 37.3 Å². The largest absolute Gasteiger partial charge is 0.495 e. The fraction of sp³-hybridized carbons (Fsp3) is 0.267. The van der Waals surface area contributed by atoms with E-state index in [0.29, 0.717) is 5.02 Å². The number of hydrogen-bond acceptors (Lipinski definition) is 3. The Hall–Kier alpha value is -1.10. The molecule has 1 heterocycles. The van der Waals surface area contributed by atoms with E-state index < -0.39 is 0 Å². The highest BCUT2D eigenvalue weighted by atomic mass is 79.9. The van der Waals surface area contributed by atoms with Crippen molar-refractivity contribution in [2.45, 2.75) is 13.0 Å². The molecule has 1 atom stereocenters. The third-order valence-electron chi connectivity index (χ3n) is 2.97. The van der Waals surface area contributed by atoms with Crippen molar-refractivity contribution in [2.75, 3.05) is 13.7 Å². The van der Waals surface area contributed by atoms with Crippen molar-refractivity contribution in [1.82, 2.24) is 10.3 Å². The second-order valence-corrected chi connectivity index (χ2v) is 5.57. The van der Waals surface area contributed by atoms with Gasteiger partial charge >= 0.3 is 0 Å². The smallest absolute Gasteiger partial charge is 0.142 e. The van der Waals surface area contributed by atoms with Crippen LogP contribution in [0.2, 0.25) is 5.02 Å². The Morgan fingerprint density at radius 3 is 2.90 bits per heavy atom. The zero-order valence-corrected chi connectivity index (χ0v) is 13.7. The summed E-state index contributed by atoms with van der Waals surface area (Å²) in [7, 11) is 1.64. The van der Waals surface area contributed by atoms with Gasteiger partial charge in [-0.15, -0.1) is 0 Å². The van der Waals surface area contributed by atoms with E-state index in [4.69, 9.17) is 16.3 Å². The van der Waals surface area contributed by atoms with Crippen LogP contribution in [0.4, 0.5) is 0 Å². The lowest BCUT2D eigenvalue weighted by atomic mass is 10.0. The first-order chi connectivity index (χ1) is 9.67. The molecular weight excluding hydrogens is 340 g/mol. The van der Waals surface area contributed by atoms with Crippen LogP contribution in [0, 0.1) is 0 Å². The van der Waals surface area contributed by atoms with E-state index in [-0.39, 0.29) is 6.04 Å². The van der Waals surface area contributed by atoms with Crippen molar-refractivity contribution < 1.29 is 4.74 Å². The van der Waals surface area contributed by atoms with Crippen LogP contribution in [0.25, 0.3) is 0 Å². The van der Waals surface area contributed by atoms with E-state index in [9.17, 15) is 0 Å². The van der Waals surface area contributed by atoms with Gasteiger partial charge in [0.2, 0.25) is 0 Å². The SMILES string of the molecule is CCNC(c1cc(Br)ccc1Cl)c1ncccc1OC. The van der Waals surface area contributed by atoms with E-state index in [2.05, 4.69) is 26.2 Å². The van der Waals surface area contributed by atoms with Crippen molar-refractivity contribution in [2.24, 2.45) is 0 Å². The summed E-state index contributed by atoms with van der Waals surface area (Å²) in [4.78, 5) is 4.45. The van der Waals surface area contributed by atoms with Crippen molar-refractivity contribution in [3.05, 3.63) is 57.3 Å². The molecule has 106 valence electrons. The van der Waals surface area contributed by atoms with Crippen LogP contribution in [0.3, 0.4) is 0 Å². The van der Waals surface area contributed by atoms with Gasteiger partial charge in [0.1, 0.15) is 11.4 Å². The van der Waals surface area contributed by atoms with E-state index in [1.165, 1.54) is 0 Å². The summed E-state index contributed by atoms with van der Waals surface area (Å²) in [5.74, 6) is 0.745. The monoisotopic (exact) mass is 354 g/mol. The highest BCUT2D eigenvalue weighted by Crippen LogP contribution is 2.33. The van der Waals surface area contributed by atoms with E-state index in [0.717, 1.165) is 28.0 Å². The van der Waals surface area contributed by atoms with Crippen LogP contribution in [0.15, 0.2) is 41.0 Å². The molecule has 0 bridgehead atoms. The molecule has 2 rings (SSSR count). The lowest BCUT2D eigenvalue weighted by molar-refractivity contribution is 0.400. The number of pyridine rings is 1. The molecule has 0 saturated carbocycles. The average molecular weight is 356 g/mol. The van der Waals surface area contributed by atoms with Gasteiger partial charge in [-0.2, -0.15) is 0 Å². The maximum atomic E-state index is 6.34. The third kappa shape index (κ3) is 3.32. The maximum Gasteiger partial charge on any atom is 0.142 e. The quantitative estimate of drug-likeness (QED) is 0.872. The van der Waals surface area contributed by atoms with Crippen LogP contribution in [0.1, 0.15) is 24.2 Å². The predicted octanol–water partition coefficient (Wildman–Crippen LogP) is 4.21. The molecular formula is C15H16BrClN2O. The maximum absolute atomic E-state index is 6.34. The van der Waals surface area contributed by atoms with Gasteiger partial charge in [0, 0.05) is 15.7 Å². The molecule has 1 unspecified atom stereocenters. The Morgan fingerprint density at radius 2 is 2.20 bits per heavy atom. The van der Waals surface area contributed by atoms with Crippen molar-refractivity contribution in [1.29, 1.82) is 0 Å². The Morgan fingerprint density at radius 1 is 1.40 bits per heavy atom. The molecule has 0 radical (unpaired) electrons. The van der Waals surface area contributed by atoms with Crippen LogP contribution >= 0.6 is 27.5 Å². The van der Waals surface area contributed by atoms with Crippen LogP contribution in [-0.4, -0.2) is 18.6 Å². The van der Waals surface area contributed by atoms with Crippen molar-refractivity contribution in [3.63, 3.8) is 0 Å². The molecule has 1 aromatic heterocycles. The summed E-state index contributed by atoms with van der Waals surface area (Å²) in [6.07, 6.45) is 1.76. The molecule has 0 aliphatic carbocycles. The highest BCUT2D eigenvalue weighted by molar-refractivity contribution is 9.10. The molecule has 0 spiro atoms. The first kappa shape index (κ1) is 15.3. The van der Waals surface area contributed by atoms with Gasteiger partial charge in [0.25, 0.3) is 0 Å². The Bertz CT molecular complexity index is 592. The van der Waals surface area contributed by atoms with Crippen molar-refractivity contribution >= 4 is 27.5 Å². The Labute approximate surface area is 132 Å². The van der Waals surface area contributed by atoms with Gasteiger partial charge in [-0.25, -0.2) is 0 Å². The molecule has 1 aromatic carbocycles. The average Bonchev–Trinajstić information content (AvgIpc) is 2.47. The van der Waals surface area contributed by atoms with Crippen LogP contribution < -0.4 is 10.1 Å².